The molecule has 2 aromatic carbocycles. The first-order chi connectivity index (χ1) is 9.47. The monoisotopic (exact) mass is 354 g/mol. The first-order valence-electron chi connectivity index (χ1n) is 5.44. The highest BCUT2D eigenvalue weighted by molar-refractivity contribution is 9.10. The summed E-state index contributed by atoms with van der Waals surface area (Å²) in [6.07, 6.45) is 1.36. The van der Waals surface area contributed by atoms with Crippen LogP contribution in [0.3, 0.4) is 0 Å². The molecule has 0 amide bonds. The molecule has 1 N–H and O–H groups in total. The number of halogens is 2. The lowest BCUT2D eigenvalue weighted by atomic mass is 10.2. The van der Waals surface area contributed by atoms with Gasteiger partial charge in [0.1, 0.15) is 5.75 Å². The van der Waals surface area contributed by atoms with Crippen molar-refractivity contribution >= 4 is 45.1 Å². The summed E-state index contributed by atoms with van der Waals surface area (Å²) in [6, 6.07) is 9.23. The van der Waals surface area contributed by atoms with Crippen LogP contribution in [0.25, 0.3) is 0 Å². The van der Waals surface area contributed by atoms with Gasteiger partial charge in [-0.15, -0.1) is 0 Å². The number of phenolic OH excluding ortho intramolecular Hbond substituents is 1. The second kappa shape index (κ2) is 6.02. The van der Waals surface area contributed by atoms with Gasteiger partial charge in [-0.1, -0.05) is 11.6 Å². The molecule has 0 fully saturated rings. The molecule has 0 spiro atoms. The van der Waals surface area contributed by atoms with Crippen molar-refractivity contribution in [3.8, 4) is 5.75 Å². The van der Waals surface area contributed by atoms with E-state index in [0.717, 1.165) is 0 Å². The number of non-ortho nitro benzene ring substituents is 1. The van der Waals surface area contributed by atoms with Crippen LogP contribution in [0.5, 0.6) is 5.75 Å². The van der Waals surface area contributed by atoms with Crippen LogP contribution in [0.15, 0.2) is 45.9 Å². The molecule has 0 radical (unpaired) electrons. The first-order valence-corrected chi connectivity index (χ1v) is 6.61. The molecular formula is C13H8BrClN2O3. The zero-order valence-electron chi connectivity index (χ0n) is 9.96. The van der Waals surface area contributed by atoms with Crippen LogP contribution in [-0.4, -0.2) is 16.2 Å². The number of hydrogen-bond donors (Lipinski definition) is 1. The fourth-order valence-electron chi connectivity index (χ4n) is 1.48. The predicted octanol–water partition coefficient (Wildman–Crippen LogP) is 4.47. The van der Waals surface area contributed by atoms with Crippen molar-refractivity contribution in [3.05, 3.63) is 61.6 Å². The minimum atomic E-state index is -0.538. The molecule has 0 aliphatic heterocycles. The molecule has 0 unspecified atom stereocenters. The van der Waals surface area contributed by atoms with E-state index in [0.29, 0.717) is 10.7 Å². The maximum absolute atomic E-state index is 10.8. The molecule has 0 aliphatic rings. The van der Waals surface area contributed by atoms with E-state index in [1.807, 2.05) is 0 Å². The Morgan fingerprint density at radius 3 is 2.55 bits per heavy atom. The Hall–Kier alpha value is -1.92. The van der Waals surface area contributed by atoms with E-state index >= 15 is 0 Å². The highest BCUT2D eigenvalue weighted by Gasteiger charge is 2.13. The second-order valence-electron chi connectivity index (χ2n) is 3.86. The lowest BCUT2D eigenvalue weighted by molar-refractivity contribution is -0.385. The SMILES string of the molecule is O=[N+]([O-])c1cc(Br)c(O)c(C=Nc2ccc(Cl)cc2)c1. The lowest BCUT2D eigenvalue weighted by Crippen LogP contribution is -1.91. The van der Waals surface area contributed by atoms with Crippen LogP contribution in [0.1, 0.15) is 5.56 Å². The molecule has 5 nitrogen and oxygen atoms in total. The number of benzene rings is 2. The summed E-state index contributed by atoms with van der Waals surface area (Å²) < 4.78 is 0.240. The Labute approximate surface area is 127 Å². The smallest absolute Gasteiger partial charge is 0.271 e. The summed E-state index contributed by atoms with van der Waals surface area (Å²) in [5, 5.41) is 21.2. The highest BCUT2D eigenvalue weighted by atomic mass is 79.9. The molecule has 0 heterocycles. The molecule has 2 rings (SSSR count). The molecule has 0 bridgehead atoms. The van der Waals surface area contributed by atoms with Crippen LogP contribution in [0.4, 0.5) is 11.4 Å². The van der Waals surface area contributed by atoms with E-state index in [9.17, 15) is 15.2 Å². The molecule has 20 heavy (non-hydrogen) atoms. The fraction of sp³-hybridized carbons (Fsp3) is 0. The summed E-state index contributed by atoms with van der Waals surface area (Å²) in [4.78, 5) is 14.4. The first kappa shape index (κ1) is 14.5. The van der Waals surface area contributed by atoms with Gasteiger partial charge in [0.15, 0.2) is 0 Å². The lowest BCUT2D eigenvalue weighted by Gasteiger charge is -2.02. The number of nitro groups is 1. The summed E-state index contributed by atoms with van der Waals surface area (Å²) in [7, 11) is 0. The second-order valence-corrected chi connectivity index (χ2v) is 5.15. The van der Waals surface area contributed by atoms with Crippen molar-refractivity contribution in [3.63, 3.8) is 0 Å². The van der Waals surface area contributed by atoms with E-state index < -0.39 is 4.92 Å². The molecule has 0 saturated carbocycles. The third-order valence-corrected chi connectivity index (χ3v) is 3.32. The van der Waals surface area contributed by atoms with E-state index in [1.165, 1.54) is 18.3 Å². The number of hydrogen-bond acceptors (Lipinski definition) is 4. The van der Waals surface area contributed by atoms with Gasteiger partial charge in [-0.2, -0.15) is 0 Å². The third kappa shape index (κ3) is 3.34. The largest absolute Gasteiger partial charge is 0.506 e. The van der Waals surface area contributed by atoms with Crippen LogP contribution >= 0.6 is 27.5 Å². The van der Waals surface area contributed by atoms with E-state index in [-0.39, 0.29) is 21.5 Å². The minimum Gasteiger partial charge on any atom is -0.506 e. The van der Waals surface area contributed by atoms with Gasteiger partial charge >= 0.3 is 0 Å². The van der Waals surface area contributed by atoms with Gasteiger partial charge in [0.25, 0.3) is 5.69 Å². The normalized spacial score (nSPS) is 10.9. The van der Waals surface area contributed by atoms with Crippen LogP contribution in [0, 0.1) is 10.1 Å². The number of nitrogens with zero attached hydrogens (tertiary/aromatic N) is 2. The van der Waals surface area contributed by atoms with Gasteiger partial charge < -0.3 is 5.11 Å². The van der Waals surface area contributed by atoms with Crippen molar-refractivity contribution in [1.29, 1.82) is 0 Å². The van der Waals surface area contributed by atoms with Crippen LogP contribution < -0.4 is 0 Å². The summed E-state index contributed by atoms with van der Waals surface area (Å²) in [5.41, 5.74) is 0.740. The Bertz CT molecular complexity index is 687. The zero-order chi connectivity index (χ0) is 14.7. The van der Waals surface area contributed by atoms with Crippen molar-refractivity contribution in [2.45, 2.75) is 0 Å². The Kier molecular flexibility index (Phi) is 4.36. The molecule has 102 valence electrons. The van der Waals surface area contributed by atoms with Gasteiger partial charge in [0, 0.05) is 28.9 Å². The van der Waals surface area contributed by atoms with E-state index in [1.54, 1.807) is 24.3 Å². The maximum Gasteiger partial charge on any atom is 0.271 e. The number of aliphatic imine (C=N–C) groups is 1. The number of aromatic hydroxyl groups is 1. The Balaban J connectivity index is 2.37. The Morgan fingerprint density at radius 2 is 1.95 bits per heavy atom. The predicted molar refractivity (Wildman–Crippen MR) is 81.2 cm³/mol. The van der Waals surface area contributed by atoms with Gasteiger partial charge in [-0.3, -0.25) is 15.1 Å². The average molecular weight is 356 g/mol. The van der Waals surface area contributed by atoms with Crippen molar-refractivity contribution in [2.75, 3.05) is 0 Å². The number of nitro benzene ring substituents is 1. The summed E-state index contributed by atoms with van der Waals surface area (Å²) >= 11 is 8.82. The minimum absolute atomic E-state index is 0.103. The molecule has 7 heteroatoms. The maximum atomic E-state index is 10.8. The topological polar surface area (TPSA) is 75.7 Å². The molecular weight excluding hydrogens is 348 g/mol. The summed E-state index contributed by atoms with van der Waals surface area (Å²) in [6.45, 7) is 0. The van der Waals surface area contributed by atoms with Gasteiger partial charge in [-0.05, 0) is 40.2 Å². The van der Waals surface area contributed by atoms with Crippen LogP contribution in [-0.2, 0) is 0 Å². The van der Waals surface area contributed by atoms with E-state index in [2.05, 4.69) is 20.9 Å². The van der Waals surface area contributed by atoms with Crippen molar-refractivity contribution in [2.24, 2.45) is 4.99 Å². The zero-order valence-corrected chi connectivity index (χ0v) is 12.3. The third-order valence-electron chi connectivity index (χ3n) is 2.47. The molecule has 0 atom stereocenters. The number of rotatable bonds is 3. The van der Waals surface area contributed by atoms with Gasteiger partial charge in [0.05, 0.1) is 15.1 Å². The van der Waals surface area contributed by atoms with Gasteiger partial charge in [-0.25, -0.2) is 0 Å². The molecule has 0 aromatic heterocycles. The quantitative estimate of drug-likeness (QED) is 0.501. The van der Waals surface area contributed by atoms with Crippen molar-refractivity contribution in [1.82, 2.24) is 0 Å². The molecule has 2 aromatic rings. The van der Waals surface area contributed by atoms with Crippen molar-refractivity contribution < 1.29 is 10.0 Å². The molecule has 0 saturated heterocycles. The Morgan fingerprint density at radius 1 is 1.30 bits per heavy atom. The highest BCUT2D eigenvalue weighted by Crippen LogP contribution is 2.31. The fourth-order valence-corrected chi connectivity index (χ4v) is 2.07. The average Bonchev–Trinajstić information content (AvgIpc) is 2.42. The molecule has 0 aliphatic carbocycles. The van der Waals surface area contributed by atoms with Gasteiger partial charge in [0.2, 0.25) is 0 Å². The summed E-state index contributed by atoms with van der Waals surface area (Å²) in [5.74, 6) is -0.103. The van der Waals surface area contributed by atoms with E-state index in [4.69, 9.17) is 11.6 Å². The number of phenols is 1. The van der Waals surface area contributed by atoms with Crippen LogP contribution in [0.2, 0.25) is 5.02 Å². The standard InChI is InChI=1S/C13H8BrClN2O3/c14-12-6-11(17(19)20)5-8(13(12)18)7-16-10-3-1-9(15)2-4-10/h1-7,18H.